The van der Waals surface area contributed by atoms with Crippen molar-refractivity contribution in [3.63, 3.8) is 0 Å². The monoisotopic (exact) mass is 359 g/mol. The number of nitrogens with one attached hydrogen (secondary N) is 1. The van der Waals surface area contributed by atoms with E-state index in [1.165, 1.54) is 6.07 Å². The molecule has 0 aromatic heterocycles. The van der Waals surface area contributed by atoms with E-state index in [-0.39, 0.29) is 4.90 Å². The van der Waals surface area contributed by atoms with Crippen LogP contribution in [0, 0.1) is 6.92 Å². The van der Waals surface area contributed by atoms with E-state index >= 15 is 0 Å². The third-order valence-electron chi connectivity index (χ3n) is 2.52. The van der Waals surface area contributed by atoms with Crippen molar-refractivity contribution in [3.8, 4) is 0 Å². The molecular weight excluding hydrogens is 350 g/mol. The van der Waals surface area contributed by atoms with Crippen LogP contribution in [0.4, 0.5) is 5.69 Å². The molecule has 0 radical (unpaired) electrons. The predicted octanol–water partition coefficient (Wildman–Crippen LogP) is 4.21. The second kappa shape index (κ2) is 5.53. The van der Waals surface area contributed by atoms with Crippen LogP contribution in [0.5, 0.6) is 0 Å². The molecule has 0 bridgehead atoms. The van der Waals surface area contributed by atoms with Crippen LogP contribution in [0.15, 0.2) is 51.8 Å². The molecule has 0 aliphatic carbocycles. The third kappa shape index (κ3) is 3.49. The van der Waals surface area contributed by atoms with Gasteiger partial charge in [-0.15, -0.1) is 0 Å². The van der Waals surface area contributed by atoms with E-state index in [1.807, 2.05) is 6.92 Å². The summed E-state index contributed by atoms with van der Waals surface area (Å²) in [5.74, 6) is 0. The van der Waals surface area contributed by atoms with Gasteiger partial charge >= 0.3 is 0 Å². The van der Waals surface area contributed by atoms with Crippen molar-refractivity contribution in [2.75, 3.05) is 4.72 Å². The molecule has 1 N–H and O–H groups in total. The van der Waals surface area contributed by atoms with Gasteiger partial charge in [-0.2, -0.15) is 0 Å². The topological polar surface area (TPSA) is 46.2 Å². The van der Waals surface area contributed by atoms with Gasteiger partial charge in [0.25, 0.3) is 10.0 Å². The highest BCUT2D eigenvalue weighted by molar-refractivity contribution is 9.10. The van der Waals surface area contributed by atoms with Gasteiger partial charge in [0.2, 0.25) is 0 Å². The largest absolute Gasteiger partial charge is 0.280 e. The molecule has 0 unspecified atom stereocenters. The predicted molar refractivity (Wildman–Crippen MR) is 81.1 cm³/mol. The van der Waals surface area contributed by atoms with Crippen molar-refractivity contribution in [2.24, 2.45) is 0 Å². The summed E-state index contributed by atoms with van der Waals surface area (Å²) in [6.45, 7) is 1.82. The summed E-state index contributed by atoms with van der Waals surface area (Å²) >= 11 is 9.16. The summed E-state index contributed by atoms with van der Waals surface area (Å²) in [5, 5.41) is 0.602. The lowest BCUT2D eigenvalue weighted by molar-refractivity contribution is 0.601. The first-order chi connectivity index (χ1) is 8.88. The van der Waals surface area contributed by atoms with Gasteiger partial charge in [-0.1, -0.05) is 33.6 Å². The van der Waals surface area contributed by atoms with E-state index in [4.69, 9.17) is 11.6 Å². The number of aryl methyl sites for hydroxylation is 1. The highest BCUT2D eigenvalue weighted by Gasteiger charge is 2.14. The van der Waals surface area contributed by atoms with Crippen LogP contribution in [0.25, 0.3) is 0 Å². The van der Waals surface area contributed by atoms with Gasteiger partial charge in [-0.3, -0.25) is 4.72 Å². The summed E-state index contributed by atoms with van der Waals surface area (Å²) in [5.41, 5.74) is 1.30. The van der Waals surface area contributed by atoms with Gasteiger partial charge < -0.3 is 0 Å². The Bertz CT molecular complexity index is 716. The first-order valence-electron chi connectivity index (χ1n) is 5.43. The molecular formula is C13H11BrClNO2S. The minimum absolute atomic E-state index is 0.203. The number of hydrogen-bond acceptors (Lipinski definition) is 2. The lowest BCUT2D eigenvalue weighted by Gasteiger charge is -2.09. The van der Waals surface area contributed by atoms with Crippen LogP contribution in [0.3, 0.4) is 0 Å². The Labute approximate surface area is 125 Å². The molecule has 100 valence electrons. The normalized spacial score (nSPS) is 11.3. The molecule has 0 saturated carbocycles. The number of benzene rings is 2. The van der Waals surface area contributed by atoms with Crippen LogP contribution in [0.1, 0.15) is 5.56 Å². The average Bonchev–Trinajstić information content (AvgIpc) is 2.33. The van der Waals surface area contributed by atoms with Crippen LogP contribution < -0.4 is 4.72 Å². The summed E-state index contributed by atoms with van der Waals surface area (Å²) in [6.07, 6.45) is 0. The summed E-state index contributed by atoms with van der Waals surface area (Å²) in [6, 6.07) is 11.5. The Kier molecular flexibility index (Phi) is 4.18. The molecule has 2 aromatic rings. The molecule has 0 spiro atoms. The maximum atomic E-state index is 12.2. The maximum absolute atomic E-state index is 12.2. The molecule has 0 atom stereocenters. The second-order valence-corrected chi connectivity index (χ2v) is 7.03. The molecule has 0 aliphatic heterocycles. The van der Waals surface area contributed by atoms with Crippen molar-refractivity contribution in [1.82, 2.24) is 0 Å². The lowest BCUT2D eigenvalue weighted by Crippen LogP contribution is -2.12. The molecule has 19 heavy (non-hydrogen) atoms. The Morgan fingerprint density at radius 1 is 1.16 bits per heavy atom. The maximum Gasteiger partial charge on any atom is 0.261 e. The SMILES string of the molecule is Cc1cc(NS(=O)(=O)c2cccc(Br)c2)ccc1Cl. The van der Waals surface area contributed by atoms with E-state index in [0.29, 0.717) is 15.2 Å². The van der Waals surface area contributed by atoms with E-state index in [9.17, 15) is 8.42 Å². The van der Waals surface area contributed by atoms with Gasteiger partial charge in [0.15, 0.2) is 0 Å². The van der Waals surface area contributed by atoms with E-state index in [0.717, 1.165) is 5.56 Å². The first-order valence-corrected chi connectivity index (χ1v) is 8.08. The first kappa shape index (κ1) is 14.4. The van der Waals surface area contributed by atoms with E-state index in [1.54, 1.807) is 36.4 Å². The molecule has 6 heteroatoms. The third-order valence-corrected chi connectivity index (χ3v) is 4.81. The standard InChI is InChI=1S/C13H11BrClNO2S/c1-9-7-11(5-6-13(9)15)16-19(17,18)12-4-2-3-10(14)8-12/h2-8,16H,1H3. The molecule has 3 nitrogen and oxygen atoms in total. The zero-order chi connectivity index (χ0) is 14.0. The molecule has 0 saturated heterocycles. The highest BCUT2D eigenvalue weighted by Crippen LogP contribution is 2.23. The fourth-order valence-electron chi connectivity index (χ4n) is 1.56. The van der Waals surface area contributed by atoms with E-state index < -0.39 is 10.0 Å². The molecule has 0 heterocycles. The summed E-state index contributed by atoms with van der Waals surface area (Å²) in [7, 11) is -3.59. The number of hydrogen-bond donors (Lipinski definition) is 1. The van der Waals surface area contributed by atoms with Crippen molar-refractivity contribution in [1.29, 1.82) is 0 Å². The summed E-state index contributed by atoms with van der Waals surface area (Å²) < 4.78 is 27.6. The summed E-state index contributed by atoms with van der Waals surface area (Å²) in [4.78, 5) is 0.203. The van der Waals surface area contributed by atoms with Crippen LogP contribution in [0.2, 0.25) is 5.02 Å². The zero-order valence-electron chi connectivity index (χ0n) is 10.0. The van der Waals surface area contributed by atoms with Gasteiger partial charge in [0.1, 0.15) is 0 Å². The Morgan fingerprint density at radius 3 is 2.53 bits per heavy atom. The minimum atomic E-state index is -3.59. The molecule has 2 rings (SSSR count). The van der Waals surface area contributed by atoms with Crippen LogP contribution >= 0.6 is 27.5 Å². The lowest BCUT2D eigenvalue weighted by atomic mass is 10.2. The quantitative estimate of drug-likeness (QED) is 0.891. The minimum Gasteiger partial charge on any atom is -0.280 e. The van der Waals surface area contributed by atoms with Gasteiger partial charge in [0, 0.05) is 15.2 Å². The fraction of sp³-hybridized carbons (Fsp3) is 0.0769. The Hall–Kier alpha value is -1.04. The van der Waals surface area contributed by atoms with Crippen molar-refractivity contribution in [2.45, 2.75) is 11.8 Å². The number of halogens is 2. The van der Waals surface area contributed by atoms with Crippen LogP contribution in [-0.4, -0.2) is 8.42 Å². The zero-order valence-corrected chi connectivity index (χ0v) is 13.2. The van der Waals surface area contributed by atoms with Crippen LogP contribution in [-0.2, 0) is 10.0 Å². The van der Waals surface area contributed by atoms with Crippen molar-refractivity contribution >= 4 is 43.2 Å². The smallest absolute Gasteiger partial charge is 0.261 e. The van der Waals surface area contributed by atoms with Gasteiger partial charge in [0.05, 0.1) is 4.90 Å². The number of sulfonamides is 1. The van der Waals surface area contributed by atoms with Crippen molar-refractivity contribution in [3.05, 3.63) is 57.5 Å². The molecule has 0 aliphatic rings. The Morgan fingerprint density at radius 2 is 1.89 bits per heavy atom. The van der Waals surface area contributed by atoms with Gasteiger partial charge in [-0.05, 0) is 48.9 Å². The Balaban J connectivity index is 2.33. The highest BCUT2D eigenvalue weighted by atomic mass is 79.9. The average molecular weight is 361 g/mol. The van der Waals surface area contributed by atoms with Gasteiger partial charge in [-0.25, -0.2) is 8.42 Å². The fourth-order valence-corrected chi connectivity index (χ4v) is 3.32. The van der Waals surface area contributed by atoms with Crippen molar-refractivity contribution < 1.29 is 8.42 Å². The second-order valence-electron chi connectivity index (χ2n) is 4.03. The number of rotatable bonds is 3. The molecule has 0 amide bonds. The number of anilines is 1. The molecule has 2 aromatic carbocycles. The molecule has 0 fully saturated rings. The van der Waals surface area contributed by atoms with E-state index in [2.05, 4.69) is 20.7 Å².